The minimum absolute atomic E-state index is 0.397. The predicted molar refractivity (Wildman–Crippen MR) is 74.9 cm³/mol. The van der Waals surface area contributed by atoms with Crippen molar-refractivity contribution in [3.05, 3.63) is 46.6 Å². The van der Waals surface area contributed by atoms with E-state index in [2.05, 4.69) is 15.3 Å². The highest BCUT2D eigenvalue weighted by molar-refractivity contribution is 7.19. The lowest BCUT2D eigenvalue weighted by Gasteiger charge is -1.98. The summed E-state index contributed by atoms with van der Waals surface area (Å²) in [6, 6.07) is 9.19. The Labute approximate surface area is 116 Å². The first-order valence-electron chi connectivity index (χ1n) is 5.94. The fourth-order valence-corrected chi connectivity index (χ4v) is 2.92. The Morgan fingerprint density at radius 3 is 2.95 bits per heavy atom. The molecule has 0 radical (unpaired) electrons. The third-order valence-corrected chi connectivity index (χ3v) is 3.95. The normalized spacial score (nSPS) is 11.4. The lowest BCUT2D eigenvalue weighted by Crippen LogP contribution is -2.03. The minimum Gasteiger partial charge on any atom is -0.422 e. The Bertz CT molecular complexity index is 998. The Balaban J connectivity index is 2.00. The van der Waals surface area contributed by atoms with Crippen LogP contribution in [0.4, 0.5) is 0 Å². The molecule has 0 aliphatic heterocycles. The van der Waals surface area contributed by atoms with Crippen LogP contribution in [-0.4, -0.2) is 19.8 Å². The second-order valence-electron chi connectivity index (χ2n) is 4.33. The Kier molecular flexibility index (Phi) is 2.25. The molecule has 0 unspecified atom stereocenters. The van der Waals surface area contributed by atoms with E-state index >= 15 is 0 Å². The van der Waals surface area contributed by atoms with Gasteiger partial charge in [0.25, 0.3) is 0 Å². The Morgan fingerprint density at radius 2 is 2.10 bits per heavy atom. The van der Waals surface area contributed by atoms with Gasteiger partial charge in [-0.15, -0.1) is 10.2 Å². The Morgan fingerprint density at radius 1 is 1.25 bits per heavy atom. The Hall–Kier alpha value is -2.54. The van der Waals surface area contributed by atoms with Crippen LogP contribution in [0, 0.1) is 6.92 Å². The van der Waals surface area contributed by atoms with Gasteiger partial charge in [-0.3, -0.25) is 0 Å². The molecule has 0 aliphatic carbocycles. The topological polar surface area (TPSA) is 73.3 Å². The van der Waals surface area contributed by atoms with E-state index in [9.17, 15) is 4.79 Å². The molecule has 7 heteroatoms. The van der Waals surface area contributed by atoms with Crippen molar-refractivity contribution < 1.29 is 4.42 Å². The molecule has 6 nitrogen and oxygen atoms in total. The van der Waals surface area contributed by atoms with E-state index in [0.717, 1.165) is 5.39 Å². The standard InChI is InChI=1S/C13H8N4O2S/c1-7-14-15-13-17(7)16-11(20-13)9-6-8-4-2-3-5-10(8)19-12(9)18/h2-6H,1H3. The maximum absolute atomic E-state index is 12.1. The van der Waals surface area contributed by atoms with Gasteiger partial charge < -0.3 is 4.42 Å². The van der Waals surface area contributed by atoms with Gasteiger partial charge in [-0.25, -0.2) is 4.79 Å². The van der Waals surface area contributed by atoms with Gasteiger partial charge in [0.2, 0.25) is 4.96 Å². The molecule has 0 saturated carbocycles. The van der Waals surface area contributed by atoms with E-state index in [0.29, 0.717) is 26.9 Å². The van der Waals surface area contributed by atoms with Crippen LogP contribution in [0.25, 0.3) is 26.5 Å². The van der Waals surface area contributed by atoms with Gasteiger partial charge >= 0.3 is 5.63 Å². The van der Waals surface area contributed by atoms with Gasteiger partial charge in [-0.05, 0) is 19.1 Å². The number of hydrogen-bond acceptors (Lipinski definition) is 6. The fraction of sp³-hybridized carbons (Fsp3) is 0.0769. The lowest BCUT2D eigenvalue weighted by atomic mass is 10.2. The summed E-state index contributed by atoms with van der Waals surface area (Å²) in [5, 5.41) is 13.7. The summed E-state index contributed by atoms with van der Waals surface area (Å²) in [7, 11) is 0. The molecule has 0 spiro atoms. The first-order valence-corrected chi connectivity index (χ1v) is 6.76. The largest absolute Gasteiger partial charge is 0.422 e. The van der Waals surface area contributed by atoms with Crippen molar-refractivity contribution in [2.45, 2.75) is 6.92 Å². The average Bonchev–Trinajstić information content (AvgIpc) is 3.01. The number of aromatic nitrogens is 4. The average molecular weight is 284 g/mol. The maximum Gasteiger partial charge on any atom is 0.346 e. The molecule has 0 N–H and O–H groups in total. The summed E-state index contributed by atoms with van der Waals surface area (Å²) in [4.78, 5) is 12.7. The number of para-hydroxylation sites is 1. The molecular weight excluding hydrogens is 276 g/mol. The van der Waals surface area contributed by atoms with Crippen molar-refractivity contribution in [2.75, 3.05) is 0 Å². The van der Waals surface area contributed by atoms with Crippen molar-refractivity contribution in [3.63, 3.8) is 0 Å². The summed E-state index contributed by atoms with van der Waals surface area (Å²) in [6.07, 6.45) is 0. The number of nitrogens with zero attached hydrogens (tertiary/aromatic N) is 4. The van der Waals surface area contributed by atoms with Crippen LogP contribution in [0.2, 0.25) is 0 Å². The highest BCUT2D eigenvalue weighted by Gasteiger charge is 2.15. The van der Waals surface area contributed by atoms with E-state index in [-0.39, 0.29) is 0 Å². The monoisotopic (exact) mass is 284 g/mol. The van der Waals surface area contributed by atoms with Crippen LogP contribution in [0.3, 0.4) is 0 Å². The predicted octanol–water partition coefficient (Wildman–Crippen LogP) is 2.27. The van der Waals surface area contributed by atoms with Crippen molar-refractivity contribution in [2.24, 2.45) is 0 Å². The van der Waals surface area contributed by atoms with E-state index in [1.54, 1.807) is 16.6 Å². The summed E-state index contributed by atoms with van der Waals surface area (Å²) in [5.74, 6) is 0.688. The number of fused-ring (bicyclic) bond motifs is 2. The smallest absolute Gasteiger partial charge is 0.346 e. The molecule has 20 heavy (non-hydrogen) atoms. The molecule has 0 amide bonds. The van der Waals surface area contributed by atoms with E-state index in [4.69, 9.17) is 4.42 Å². The van der Waals surface area contributed by atoms with Crippen LogP contribution >= 0.6 is 11.3 Å². The fourth-order valence-electron chi connectivity index (χ4n) is 2.03. The number of aryl methyl sites for hydroxylation is 1. The number of benzene rings is 1. The van der Waals surface area contributed by atoms with E-state index in [1.807, 2.05) is 25.1 Å². The summed E-state index contributed by atoms with van der Waals surface area (Å²) in [6.45, 7) is 1.81. The zero-order chi connectivity index (χ0) is 13.7. The third kappa shape index (κ3) is 1.56. The summed E-state index contributed by atoms with van der Waals surface area (Å²) in [5.41, 5.74) is 0.616. The molecule has 3 heterocycles. The van der Waals surface area contributed by atoms with Crippen LogP contribution in [0.15, 0.2) is 39.5 Å². The SMILES string of the molecule is Cc1nnc2sc(-c3cc4ccccc4oc3=O)nn12. The zero-order valence-corrected chi connectivity index (χ0v) is 11.2. The van der Waals surface area contributed by atoms with Crippen molar-refractivity contribution in [3.8, 4) is 10.6 Å². The minimum atomic E-state index is -0.397. The van der Waals surface area contributed by atoms with Gasteiger partial charge in [0.15, 0.2) is 10.8 Å². The molecule has 0 atom stereocenters. The quantitative estimate of drug-likeness (QED) is 0.501. The van der Waals surface area contributed by atoms with E-state index in [1.165, 1.54) is 11.3 Å². The molecule has 4 aromatic rings. The van der Waals surface area contributed by atoms with Crippen LogP contribution in [-0.2, 0) is 0 Å². The molecule has 0 aliphatic rings. The second-order valence-corrected chi connectivity index (χ2v) is 5.29. The van der Waals surface area contributed by atoms with E-state index < -0.39 is 5.63 Å². The third-order valence-electron chi connectivity index (χ3n) is 3.02. The highest BCUT2D eigenvalue weighted by Crippen LogP contribution is 2.25. The van der Waals surface area contributed by atoms with Crippen molar-refractivity contribution in [1.29, 1.82) is 0 Å². The van der Waals surface area contributed by atoms with Gasteiger partial charge in [-0.1, -0.05) is 29.5 Å². The van der Waals surface area contributed by atoms with Crippen LogP contribution in [0.1, 0.15) is 5.82 Å². The van der Waals surface area contributed by atoms with Crippen molar-refractivity contribution >= 4 is 27.3 Å². The van der Waals surface area contributed by atoms with Gasteiger partial charge in [0.05, 0.1) is 5.56 Å². The van der Waals surface area contributed by atoms with Crippen molar-refractivity contribution in [1.82, 2.24) is 19.8 Å². The summed E-state index contributed by atoms with van der Waals surface area (Å²) >= 11 is 1.31. The van der Waals surface area contributed by atoms with Gasteiger partial charge in [-0.2, -0.15) is 9.61 Å². The lowest BCUT2D eigenvalue weighted by molar-refractivity contribution is 0.563. The first kappa shape index (κ1) is 11.3. The molecule has 0 fully saturated rings. The van der Waals surface area contributed by atoms with Gasteiger partial charge in [0, 0.05) is 5.39 Å². The van der Waals surface area contributed by atoms with Gasteiger partial charge in [0.1, 0.15) is 5.58 Å². The second kappa shape index (κ2) is 3.97. The highest BCUT2D eigenvalue weighted by atomic mass is 32.1. The molecule has 3 aromatic heterocycles. The number of rotatable bonds is 1. The maximum atomic E-state index is 12.1. The molecule has 0 bridgehead atoms. The molecular formula is C13H8N4O2S. The van der Waals surface area contributed by atoms with Crippen LogP contribution in [0.5, 0.6) is 0 Å². The molecule has 1 aromatic carbocycles. The first-order chi connectivity index (χ1) is 9.72. The zero-order valence-electron chi connectivity index (χ0n) is 10.4. The number of hydrogen-bond donors (Lipinski definition) is 0. The van der Waals surface area contributed by atoms with Crippen LogP contribution < -0.4 is 5.63 Å². The molecule has 98 valence electrons. The molecule has 0 saturated heterocycles. The molecule has 4 rings (SSSR count). The summed E-state index contributed by atoms with van der Waals surface area (Å²) < 4.78 is 6.94.